The van der Waals surface area contributed by atoms with E-state index < -0.39 is 0 Å². The molecule has 1 aromatic heterocycles. The molecule has 0 saturated carbocycles. The number of likely N-dealkylation sites (tertiary alicyclic amines) is 1. The standard InChI is InChI=1S/C17H25N3O5/c1-19(11-15(21)18-10-14-4-3-9-25-14)16(22)12-20-7-5-13(6-8-20)17(23)24-2/h3-4,9,13H,5-8,10-12H2,1-2H3,(H,18,21). The first-order valence-corrected chi connectivity index (χ1v) is 8.33. The molecule has 1 aliphatic rings. The number of methoxy groups -OCH3 is 1. The molecule has 0 unspecified atom stereocenters. The molecule has 8 heteroatoms. The summed E-state index contributed by atoms with van der Waals surface area (Å²) < 4.78 is 9.89. The molecule has 1 N–H and O–H groups in total. The smallest absolute Gasteiger partial charge is 0.308 e. The van der Waals surface area contributed by atoms with Crippen LogP contribution in [0.15, 0.2) is 22.8 Å². The van der Waals surface area contributed by atoms with Gasteiger partial charge >= 0.3 is 5.97 Å². The molecule has 1 fully saturated rings. The lowest BCUT2D eigenvalue weighted by Crippen LogP contribution is -2.45. The van der Waals surface area contributed by atoms with Gasteiger partial charge in [-0.15, -0.1) is 0 Å². The minimum atomic E-state index is -0.239. The number of nitrogens with one attached hydrogen (secondary N) is 1. The zero-order valence-corrected chi connectivity index (χ0v) is 14.7. The zero-order chi connectivity index (χ0) is 18.2. The average Bonchev–Trinajstić information content (AvgIpc) is 3.13. The van der Waals surface area contributed by atoms with Crippen LogP contribution in [0, 0.1) is 5.92 Å². The van der Waals surface area contributed by atoms with E-state index in [2.05, 4.69) is 5.32 Å². The largest absolute Gasteiger partial charge is 0.469 e. The Morgan fingerprint density at radius 2 is 2.08 bits per heavy atom. The van der Waals surface area contributed by atoms with Gasteiger partial charge < -0.3 is 19.4 Å². The van der Waals surface area contributed by atoms with Crippen LogP contribution in [0.1, 0.15) is 18.6 Å². The number of amides is 2. The summed E-state index contributed by atoms with van der Waals surface area (Å²) in [7, 11) is 3.00. The van der Waals surface area contributed by atoms with Crippen molar-refractivity contribution in [3.05, 3.63) is 24.2 Å². The second-order valence-corrected chi connectivity index (χ2v) is 6.18. The Balaban J connectivity index is 1.68. The van der Waals surface area contributed by atoms with E-state index in [0.717, 1.165) is 0 Å². The summed E-state index contributed by atoms with van der Waals surface area (Å²) in [5, 5.41) is 2.71. The maximum Gasteiger partial charge on any atom is 0.308 e. The van der Waals surface area contributed by atoms with Crippen molar-refractivity contribution in [2.24, 2.45) is 5.92 Å². The molecule has 138 valence electrons. The van der Waals surface area contributed by atoms with Gasteiger partial charge in [-0.2, -0.15) is 0 Å². The highest BCUT2D eigenvalue weighted by atomic mass is 16.5. The SMILES string of the molecule is COC(=O)C1CCN(CC(=O)N(C)CC(=O)NCc2ccco2)CC1. The Bertz CT molecular complexity index is 579. The summed E-state index contributed by atoms with van der Waals surface area (Å²) in [5.74, 6) is 0.0369. The van der Waals surface area contributed by atoms with Crippen molar-refractivity contribution in [3.63, 3.8) is 0 Å². The molecule has 0 aromatic carbocycles. The molecule has 25 heavy (non-hydrogen) atoms. The molecule has 2 amide bonds. The van der Waals surface area contributed by atoms with Gasteiger partial charge in [-0.05, 0) is 38.1 Å². The molecule has 0 spiro atoms. The third kappa shape index (κ3) is 5.90. The van der Waals surface area contributed by atoms with Crippen LogP contribution in [-0.2, 0) is 25.7 Å². The molecule has 2 heterocycles. The number of carbonyl (C=O) groups is 3. The number of rotatable bonds is 7. The fraction of sp³-hybridized carbons (Fsp3) is 0.588. The van der Waals surface area contributed by atoms with Gasteiger partial charge in [-0.25, -0.2) is 0 Å². The number of hydrogen-bond acceptors (Lipinski definition) is 6. The molecular weight excluding hydrogens is 326 g/mol. The first-order chi connectivity index (χ1) is 12.0. The molecule has 0 radical (unpaired) electrons. The molecule has 0 aliphatic carbocycles. The van der Waals surface area contributed by atoms with E-state index in [1.807, 2.05) is 4.90 Å². The Labute approximate surface area is 147 Å². The summed E-state index contributed by atoms with van der Waals surface area (Å²) in [4.78, 5) is 39.0. The van der Waals surface area contributed by atoms with Crippen molar-refractivity contribution >= 4 is 17.8 Å². The minimum absolute atomic E-state index is 0.00182. The van der Waals surface area contributed by atoms with Crippen molar-refractivity contribution in [2.45, 2.75) is 19.4 Å². The van der Waals surface area contributed by atoms with Gasteiger partial charge in [0, 0.05) is 7.05 Å². The Hall–Kier alpha value is -2.35. The predicted octanol–water partition coefficient (Wildman–Crippen LogP) is 0.239. The predicted molar refractivity (Wildman–Crippen MR) is 89.4 cm³/mol. The Kier molecular flexibility index (Phi) is 7.00. The summed E-state index contributed by atoms with van der Waals surface area (Å²) in [6, 6.07) is 3.52. The molecule has 0 bridgehead atoms. The van der Waals surface area contributed by atoms with Crippen molar-refractivity contribution in [1.82, 2.24) is 15.1 Å². The summed E-state index contributed by atoms with van der Waals surface area (Å²) >= 11 is 0. The number of hydrogen-bond donors (Lipinski definition) is 1. The number of furan rings is 1. The number of piperidine rings is 1. The lowest BCUT2D eigenvalue weighted by molar-refractivity contribution is -0.147. The summed E-state index contributed by atoms with van der Waals surface area (Å²) in [6.07, 6.45) is 2.92. The maximum atomic E-state index is 12.2. The van der Waals surface area contributed by atoms with E-state index >= 15 is 0 Å². The first kappa shape index (κ1) is 19.0. The van der Waals surface area contributed by atoms with E-state index in [-0.39, 0.29) is 36.8 Å². The van der Waals surface area contributed by atoms with Crippen LogP contribution in [0.5, 0.6) is 0 Å². The monoisotopic (exact) mass is 351 g/mol. The summed E-state index contributed by atoms with van der Waals surface area (Å²) in [6.45, 7) is 1.89. The Morgan fingerprint density at radius 3 is 2.68 bits per heavy atom. The van der Waals surface area contributed by atoms with Crippen LogP contribution in [0.4, 0.5) is 0 Å². The molecule has 1 aromatic rings. The Morgan fingerprint density at radius 1 is 1.36 bits per heavy atom. The molecule has 1 aliphatic heterocycles. The van der Waals surface area contributed by atoms with Crippen LogP contribution in [-0.4, -0.2) is 67.9 Å². The highest BCUT2D eigenvalue weighted by molar-refractivity contribution is 5.85. The highest BCUT2D eigenvalue weighted by Crippen LogP contribution is 2.18. The second kappa shape index (κ2) is 9.22. The lowest BCUT2D eigenvalue weighted by atomic mass is 9.97. The van der Waals surface area contributed by atoms with E-state index in [9.17, 15) is 14.4 Å². The number of likely N-dealkylation sites (N-methyl/N-ethyl adjacent to an activating group) is 1. The molecule has 8 nitrogen and oxygen atoms in total. The van der Waals surface area contributed by atoms with Crippen molar-refractivity contribution in [1.29, 1.82) is 0 Å². The second-order valence-electron chi connectivity index (χ2n) is 6.18. The molecule has 2 rings (SSSR count). The van der Waals surface area contributed by atoms with Crippen LogP contribution in [0.2, 0.25) is 0 Å². The average molecular weight is 351 g/mol. The number of carbonyl (C=O) groups excluding carboxylic acids is 3. The van der Waals surface area contributed by atoms with Crippen LogP contribution in [0.25, 0.3) is 0 Å². The van der Waals surface area contributed by atoms with Crippen molar-refractivity contribution < 1.29 is 23.5 Å². The quantitative estimate of drug-likeness (QED) is 0.708. The third-order valence-electron chi connectivity index (χ3n) is 4.33. The van der Waals surface area contributed by atoms with Crippen LogP contribution >= 0.6 is 0 Å². The van der Waals surface area contributed by atoms with Gasteiger partial charge in [-0.3, -0.25) is 19.3 Å². The van der Waals surface area contributed by atoms with Crippen LogP contribution in [0.3, 0.4) is 0 Å². The fourth-order valence-electron chi connectivity index (χ4n) is 2.76. The van der Waals surface area contributed by atoms with Crippen LogP contribution < -0.4 is 5.32 Å². The van der Waals surface area contributed by atoms with Crippen molar-refractivity contribution in [3.8, 4) is 0 Å². The number of esters is 1. The molecule has 1 saturated heterocycles. The van der Waals surface area contributed by atoms with Gasteiger partial charge in [0.1, 0.15) is 5.76 Å². The topological polar surface area (TPSA) is 92.1 Å². The fourth-order valence-corrected chi connectivity index (χ4v) is 2.76. The van der Waals surface area contributed by atoms with E-state index in [0.29, 0.717) is 38.2 Å². The lowest BCUT2D eigenvalue weighted by Gasteiger charge is -2.31. The van der Waals surface area contributed by atoms with Gasteiger partial charge in [0.05, 0.1) is 38.9 Å². The summed E-state index contributed by atoms with van der Waals surface area (Å²) in [5.41, 5.74) is 0. The zero-order valence-electron chi connectivity index (χ0n) is 14.7. The molecule has 0 atom stereocenters. The van der Waals surface area contributed by atoms with E-state index in [1.54, 1.807) is 25.4 Å². The van der Waals surface area contributed by atoms with Gasteiger partial charge in [0.25, 0.3) is 0 Å². The maximum absolute atomic E-state index is 12.2. The van der Waals surface area contributed by atoms with E-state index in [1.165, 1.54) is 12.0 Å². The first-order valence-electron chi connectivity index (χ1n) is 8.33. The van der Waals surface area contributed by atoms with Crippen molar-refractivity contribution in [2.75, 3.05) is 40.3 Å². The number of ether oxygens (including phenoxy) is 1. The molecular formula is C17H25N3O5. The normalized spacial score (nSPS) is 15.6. The minimum Gasteiger partial charge on any atom is -0.469 e. The number of nitrogens with zero attached hydrogens (tertiary/aromatic N) is 2. The van der Waals surface area contributed by atoms with Gasteiger partial charge in [0.15, 0.2) is 0 Å². The van der Waals surface area contributed by atoms with E-state index in [4.69, 9.17) is 9.15 Å². The third-order valence-corrected chi connectivity index (χ3v) is 4.33. The highest BCUT2D eigenvalue weighted by Gasteiger charge is 2.27. The van der Waals surface area contributed by atoms with Gasteiger partial charge in [-0.1, -0.05) is 0 Å². The van der Waals surface area contributed by atoms with Gasteiger partial charge in [0.2, 0.25) is 11.8 Å².